The number of nitrogens with zero attached hydrogens (tertiary/aromatic N) is 4. The first-order valence-corrected chi connectivity index (χ1v) is 12.1. The van der Waals surface area contributed by atoms with E-state index in [9.17, 15) is 13.6 Å². The number of fused-ring (bicyclic) bond motifs is 1. The minimum absolute atomic E-state index is 0.114. The Morgan fingerprint density at radius 2 is 1.98 bits per heavy atom. The van der Waals surface area contributed by atoms with E-state index >= 15 is 0 Å². The molecule has 6 rings (SSSR count). The SMILES string of the molecule is CC(F)(F)c1ccc(Cn2ncc(-c3c(N)[nH]c4ccccc34)n2)o1.O=C(O)c1ncoc1-c1cccc(Cl)c1. The van der Waals surface area contributed by atoms with Crippen LogP contribution < -0.4 is 5.73 Å². The number of hydrogen-bond donors (Lipinski definition) is 3. The zero-order valence-electron chi connectivity index (χ0n) is 20.8. The first kappa shape index (κ1) is 26.6. The van der Waals surface area contributed by atoms with E-state index in [1.807, 2.05) is 24.3 Å². The molecule has 6 aromatic rings. The molecule has 0 atom stereocenters. The molecule has 10 nitrogen and oxygen atoms in total. The molecule has 0 aliphatic carbocycles. The van der Waals surface area contributed by atoms with Crippen LogP contribution in [-0.2, 0) is 12.5 Å². The van der Waals surface area contributed by atoms with Gasteiger partial charge in [0.2, 0.25) is 0 Å². The second-order valence-electron chi connectivity index (χ2n) is 8.72. The van der Waals surface area contributed by atoms with Crippen LogP contribution in [0.2, 0.25) is 5.02 Å². The number of aromatic carboxylic acids is 1. The monoisotopic (exact) mass is 566 g/mol. The van der Waals surface area contributed by atoms with Crippen molar-refractivity contribution in [2.24, 2.45) is 0 Å². The molecule has 0 aliphatic heterocycles. The predicted octanol–water partition coefficient (Wildman–Crippen LogP) is 6.45. The van der Waals surface area contributed by atoms with Gasteiger partial charge in [0, 0.05) is 28.4 Å². The van der Waals surface area contributed by atoms with Crippen molar-refractivity contribution in [2.75, 3.05) is 5.73 Å². The van der Waals surface area contributed by atoms with Gasteiger partial charge in [-0.1, -0.05) is 41.9 Å². The maximum atomic E-state index is 13.2. The molecule has 0 bridgehead atoms. The molecule has 13 heteroatoms. The van der Waals surface area contributed by atoms with Crippen molar-refractivity contribution in [1.29, 1.82) is 0 Å². The summed E-state index contributed by atoms with van der Waals surface area (Å²) < 4.78 is 36.7. The van der Waals surface area contributed by atoms with Gasteiger partial charge >= 0.3 is 11.9 Å². The van der Waals surface area contributed by atoms with E-state index in [2.05, 4.69) is 20.2 Å². The maximum absolute atomic E-state index is 13.2. The molecule has 40 heavy (non-hydrogen) atoms. The Bertz CT molecular complexity index is 1800. The molecule has 0 amide bonds. The van der Waals surface area contributed by atoms with Crippen molar-refractivity contribution in [2.45, 2.75) is 19.4 Å². The molecule has 0 aliphatic rings. The fraction of sp³-hybridized carbons (Fsp3) is 0.111. The number of nitrogen functional groups attached to an aromatic ring is 1. The number of para-hydroxylation sites is 1. The Morgan fingerprint density at radius 1 is 1.18 bits per heavy atom. The molecule has 4 aromatic heterocycles. The van der Waals surface area contributed by atoms with Gasteiger partial charge in [0.1, 0.15) is 23.8 Å². The summed E-state index contributed by atoms with van der Waals surface area (Å²) >= 11 is 5.78. The van der Waals surface area contributed by atoms with Crippen LogP contribution in [0.5, 0.6) is 0 Å². The van der Waals surface area contributed by atoms with Crippen molar-refractivity contribution in [3.8, 4) is 22.6 Å². The van der Waals surface area contributed by atoms with Gasteiger partial charge in [-0.05, 0) is 30.3 Å². The van der Waals surface area contributed by atoms with Crippen molar-refractivity contribution in [3.63, 3.8) is 0 Å². The molecule has 0 unspecified atom stereocenters. The number of furan rings is 1. The Hall–Kier alpha value is -4.97. The normalized spacial score (nSPS) is 11.4. The fourth-order valence-electron chi connectivity index (χ4n) is 4.00. The standard InChI is InChI=1S/C17H15F2N5O.C10H6ClNO3/c1-17(18,19)14-7-6-10(25-14)9-24-21-8-13(23-24)15-11-4-2-3-5-12(11)22-16(15)20;11-7-3-1-2-6(4-7)9-8(10(13)14)12-5-15-9/h2-8,22H,9,20H2,1H3;1-5H,(H,13,14). The number of aromatic amines is 1. The predicted molar refractivity (Wildman–Crippen MR) is 143 cm³/mol. The summed E-state index contributed by atoms with van der Waals surface area (Å²) in [6, 6.07) is 17.2. The van der Waals surface area contributed by atoms with E-state index in [1.165, 1.54) is 16.9 Å². The third-order valence-electron chi connectivity index (χ3n) is 5.78. The summed E-state index contributed by atoms with van der Waals surface area (Å²) in [6.07, 6.45) is 2.68. The third-order valence-corrected chi connectivity index (χ3v) is 6.01. The Morgan fingerprint density at radius 3 is 2.70 bits per heavy atom. The molecule has 4 N–H and O–H groups in total. The zero-order valence-corrected chi connectivity index (χ0v) is 21.6. The van der Waals surface area contributed by atoms with Gasteiger partial charge in [-0.25, -0.2) is 9.78 Å². The molecular formula is C27H21ClF2N6O4. The lowest BCUT2D eigenvalue weighted by Crippen LogP contribution is -2.05. The lowest BCUT2D eigenvalue weighted by Gasteiger charge is -2.05. The number of carboxylic acids is 1. The zero-order chi connectivity index (χ0) is 28.4. The van der Waals surface area contributed by atoms with Gasteiger partial charge in [0.05, 0.1) is 11.8 Å². The van der Waals surface area contributed by atoms with Crippen LogP contribution in [-0.4, -0.2) is 36.0 Å². The molecule has 2 aromatic carbocycles. The average Bonchev–Trinajstić information content (AvgIpc) is 3.70. The van der Waals surface area contributed by atoms with Crippen molar-refractivity contribution >= 4 is 34.3 Å². The van der Waals surface area contributed by atoms with Crippen molar-refractivity contribution in [1.82, 2.24) is 25.0 Å². The number of aromatic nitrogens is 5. The number of nitrogens with one attached hydrogen (secondary N) is 1. The van der Waals surface area contributed by atoms with Crippen LogP contribution in [0.3, 0.4) is 0 Å². The summed E-state index contributed by atoms with van der Waals surface area (Å²) in [5, 5.41) is 18.9. The first-order valence-electron chi connectivity index (χ1n) is 11.8. The number of anilines is 1. The number of alkyl halides is 2. The van der Waals surface area contributed by atoms with E-state index in [0.29, 0.717) is 27.9 Å². The number of carboxylic acid groups (broad SMARTS) is 1. The largest absolute Gasteiger partial charge is 0.476 e. The molecule has 0 saturated heterocycles. The van der Waals surface area contributed by atoms with Gasteiger partial charge in [0.25, 0.3) is 0 Å². The highest BCUT2D eigenvalue weighted by atomic mass is 35.5. The van der Waals surface area contributed by atoms with Crippen LogP contribution >= 0.6 is 11.6 Å². The molecule has 0 saturated carbocycles. The molecule has 0 radical (unpaired) electrons. The van der Waals surface area contributed by atoms with Crippen LogP contribution in [0.4, 0.5) is 14.6 Å². The highest BCUT2D eigenvalue weighted by Crippen LogP contribution is 2.33. The molecule has 204 valence electrons. The highest BCUT2D eigenvalue weighted by molar-refractivity contribution is 6.30. The summed E-state index contributed by atoms with van der Waals surface area (Å²) in [5.74, 6) is -3.45. The topological polar surface area (TPSA) is 149 Å². The molecular weight excluding hydrogens is 546 g/mol. The second kappa shape index (κ2) is 10.7. The molecule has 4 heterocycles. The highest BCUT2D eigenvalue weighted by Gasteiger charge is 2.28. The Balaban J connectivity index is 0.000000184. The number of benzene rings is 2. The van der Waals surface area contributed by atoms with Gasteiger partial charge < -0.3 is 24.7 Å². The minimum Gasteiger partial charge on any atom is -0.476 e. The Labute approximate surface area is 230 Å². The Kier molecular flexibility index (Phi) is 7.09. The van der Waals surface area contributed by atoms with E-state index in [4.69, 9.17) is 31.3 Å². The van der Waals surface area contributed by atoms with Crippen LogP contribution in [0, 0.1) is 0 Å². The van der Waals surface area contributed by atoms with E-state index in [0.717, 1.165) is 29.8 Å². The summed E-state index contributed by atoms with van der Waals surface area (Å²) in [4.78, 5) is 18.9. The van der Waals surface area contributed by atoms with Gasteiger partial charge in [-0.15, -0.1) is 0 Å². The van der Waals surface area contributed by atoms with E-state index < -0.39 is 11.9 Å². The maximum Gasteiger partial charge on any atom is 0.358 e. The van der Waals surface area contributed by atoms with Gasteiger partial charge in [0.15, 0.2) is 23.6 Å². The number of rotatable bonds is 6. The number of oxazole rings is 1. The third kappa shape index (κ3) is 5.57. The van der Waals surface area contributed by atoms with Gasteiger partial charge in [-0.2, -0.15) is 23.8 Å². The lowest BCUT2D eigenvalue weighted by molar-refractivity contribution is -0.00641. The quantitative estimate of drug-likeness (QED) is 0.208. The molecule has 0 spiro atoms. The minimum atomic E-state index is -3.01. The first-order chi connectivity index (χ1) is 19.1. The van der Waals surface area contributed by atoms with Crippen molar-refractivity contribution < 1.29 is 27.5 Å². The summed E-state index contributed by atoms with van der Waals surface area (Å²) in [7, 11) is 0. The number of halogens is 3. The van der Waals surface area contributed by atoms with Gasteiger partial charge in [-0.3, -0.25) is 0 Å². The number of H-pyrrole nitrogens is 1. The summed E-state index contributed by atoms with van der Waals surface area (Å²) in [6.45, 7) is 0.942. The fourth-order valence-corrected chi connectivity index (χ4v) is 4.19. The lowest BCUT2D eigenvalue weighted by atomic mass is 10.1. The van der Waals surface area contributed by atoms with Crippen LogP contribution in [0.1, 0.15) is 28.9 Å². The molecule has 0 fully saturated rings. The van der Waals surface area contributed by atoms with Crippen molar-refractivity contribution in [3.05, 3.63) is 95.5 Å². The number of carbonyl (C=O) groups is 1. The average molecular weight is 567 g/mol. The smallest absolute Gasteiger partial charge is 0.358 e. The van der Waals surface area contributed by atoms with E-state index in [-0.39, 0.29) is 23.8 Å². The number of hydrogen-bond acceptors (Lipinski definition) is 7. The van der Waals surface area contributed by atoms with Crippen LogP contribution in [0.15, 0.2) is 82.1 Å². The summed E-state index contributed by atoms with van der Waals surface area (Å²) in [5.41, 5.74) is 8.82. The van der Waals surface area contributed by atoms with E-state index in [1.54, 1.807) is 30.5 Å². The van der Waals surface area contributed by atoms with Crippen LogP contribution in [0.25, 0.3) is 33.5 Å². The second-order valence-corrected chi connectivity index (χ2v) is 9.16. The number of nitrogens with two attached hydrogens (primary N) is 1.